The summed E-state index contributed by atoms with van der Waals surface area (Å²) in [6, 6.07) is 14.4. The summed E-state index contributed by atoms with van der Waals surface area (Å²) in [5, 5.41) is 0. The van der Waals surface area contributed by atoms with Crippen molar-refractivity contribution in [3.63, 3.8) is 0 Å². The molecule has 1 aliphatic rings. The van der Waals surface area contributed by atoms with Gasteiger partial charge in [0, 0.05) is 5.92 Å². The van der Waals surface area contributed by atoms with E-state index in [1.54, 1.807) is 0 Å². The van der Waals surface area contributed by atoms with E-state index in [1.165, 1.54) is 4.90 Å². The summed E-state index contributed by atoms with van der Waals surface area (Å²) in [6.45, 7) is 0. The molecule has 2 aromatic rings. The van der Waals surface area contributed by atoms with Crippen LogP contribution in [-0.4, -0.2) is 12.3 Å². The largest absolute Gasteiger partial charge is 0.351 e. The maximum atomic E-state index is 11.9. The van der Waals surface area contributed by atoms with Crippen LogP contribution in [0.15, 0.2) is 48.5 Å². The van der Waals surface area contributed by atoms with Crippen LogP contribution in [0.25, 0.3) is 0 Å². The zero-order chi connectivity index (χ0) is 14.1. The lowest BCUT2D eigenvalue weighted by Gasteiger charge is -2.22. The minimum Gasteiger partial charge on any atom is -0.351 e. The second-order valence-electron chi connectivity index (χ2n) is 4.81. The number of hydrogen-bond donors (Lipinski definition) is 1. The molecule has 0 aliphatic carbocycles. The van der Waals surface area contributed by atoms with Crippen LogP contribution in [0.4, 0.5) is 16.2 Å². The lowest BCUT2D eigenvalue weighted by atomic mass is 9.93. The molecule has 0 spiro atoms. The van der Waals surface area contributed by atoms with Crippen LogP contribution in [0.5, 0.6) is 0 Å². The first-order valence-corrected chi connectivity index (χ1v) is 6.44. The number of primary amides is 1. The van der Waals surface area contributed by atoms with Crippen molar-refractivity contribution in [3.05, 3.63) is 59.7 Å². The van der Waals surface area contributed by atoms with Crippen molar-refractivity contribution in [1.29, 1.82) is 0 Å². The van der Waals surface area contributed by atoms with Crippen molar-refractivity contribution in [2.75, 3.05) is 4.90 Å². The van der Waals surface area contributed by atoms with Crippen molar-refractivity contribution < 1.29 is 9.59 Å². The lowest BCUT2D eigenvalue weighted by molar-refractivity contribution is -0.109. The van der Waals surface area contributed by atoms with E-state index >= 15 is 0 Å². The Hall–Kier alpha value is -2.62. The first-order chi connectivity index (χ1) is 9.72. The highest BCUT2D eigenvalue weighted by Gasteiger charge is 2.28. The van der Waals surface area contributed by atoms with Gasteiger partial charge in [-0.05, 0) is 29.7 Å². The Morgan fingerprint density at radius 2 is 1.75 bits per heavy atom. The average Bonchev–Trinajstić information content (AvgIpc) is 2.61. The van der Waals surface area contributed by atoms with Gasteiger partial charge in [-0.2, -0.15) is 0 Å². The number of fused-ring (bicyclic) bond motifs is 2. The maximum absolute atomic E-state index is 11.9. The van der Waals surface area contributed by atoms with Crippen LogP contribution in [-0.2, 0) is 11.2 Å². The molecule has 2 amide bonds. The van der Waals surface area contributed by atoms with E-state index in [-0.39, 0.29) is 5.92 Å². The van der Waals surface area contributed by atoms with Crippen molar-refractivity contribution >= 4 is 23.7 Å². The predicted octanol–water partition coefficient (Wildman–Crippen LogP) is 2.74. The fourth-order valence-electron chi connectivity index (χ4n) is 2.74. The third-order valence-electron chi connectivity index (χ3n) is 3.63. The van der Waals surface area contributed by atoms with Gasteiger partial charge in [0.2, 0.25) is 0 Å². The Labute approximate surface area is 116 Å². The fourth-order valence-corrected chi connectivity index (χ4v) is 2.74. The predicted molar refractivity (Wildman–Crippen MR) is 77.1 cm³/mol. The first-order valence-electron chi connectivity index (χ1n) is 6.44. The molecule has 1 unspecified atom stereocenters. The molecule has 2 N–H and O–H groups in total. The van der Waals surface area contributed by atoms with Gasteiger partial charge in [0.05, 0.1) is 11.4 Å². The van der Waals surface area contributed by atoms with Crippen molar-refractivity contribution in [2.45, 2.75) is 12.3 Å². The van der Waals surface area contributed by atoms with Gasteiger partial charge in [0.1, 0.15) is 6.29 Å². The fraction of sp³-hybridized carbons (Fsp3) is 0.125. The molecule has 1 aliphatic heterocycles. The number of carbonyl (C=O) groups is 2. The van der Waals surface area contributed by atoms with Crippen LogP contribution < -0.4 is 10.6 Å². The number of aldehydes is 1. The van der Waals surface area contributed by atoms with Gasteiger partial charge < -0.3 is 10.5 Å². The van der Waals surface area contributed by atoms with E-state index in [1.807, 2.05) is 48.5 Å². The maximum Gasteiger partial charge on any atom is 0.323 e. The Morgan fingerprint density at radius 3 is 2.45 bits per heavy atom. The van der Waals surface area contributed by atoms with E-state index in [0.717, 1.165) is 23.1 Å². The summed E-state index contributed by atoms with van der Waals surface area (Å²) < 4.78 is 0. The summed E-state index contributed by atoms with van der Waals surface area (Å²) in [5.74, 6) is -0.267. The topological polar surface area (TPSA) is 63.4 Å². The zero-order valence-electron chi connectivity index (χ0n) is 10.8. The number of benzene rings is 2. The Morgan fingerprint density at radius 1 is 1.10 bits per heavy atom. The van der Waals surface area contributed by atoms with Crippen LogP contribution in [0.2, 0.25) is 0 Å². The molecular formula is C16H14N2O2. The Bertz CT molecular complexity index is 682. The zero-order valence-corrected chi connectivity index (χ0v) is 10.8. The standard InChI is InChI=1S/C16H14N2O2/c17-16(20)18-14-7-3-1-5-11(14)9-12(10-19)13-6-2-4-8-15(13)18/h1-8,10,12H,9H2,(H2,17,20). The molecule has 4 nitrogen and oxygen atoms in total. The molecule has 1 heterocycles. The SMILES string of the molecule is NC(=O)N1c2ccccc2CC(C=O)c2ccccc21. The third-order valence-corrected chi connectivity index (χ3v) is 3.63. The summed E-state index contributed by atoms with van der Waals surface area (Å²) in [4.78, 5) is 24.8. The highest BCUT2D eigenvalue weighted by molar-refractivity contribution is 6.01. The van der Waals surface area contributed by atoms with Crippen molar-refractivity contribution in [3.8, 4) is 0 Å². The number of amides is 2. The van der Waals surface area contributed by atoms with Crippen LogP contribution in [0.1, 0.15) is 17.0 Å². The number of nitrogens with zero attached hydrogens (tertiary/aromatic N) is 1. The average molecular weight is 266 g/mol. The number of hydrogen-bond acceptors (Lipinski definition) is 2. The van der Waals surface area contributed by atoms with Crippen molar-refractivity contribution in [2.24, 2.45) is 5.73 Å². The van der Waals surface area contributed by atoms with Gasteiger partial charge in [0.15, 0.2) is 0 Å². The molecule has 1 atom stereocenters. The molecule has 0 saturated carbocycles. The van der Waals surface area contributed by atoms with Gasteiger partial charge in [-0.15, -0.1) is 0 Å². The minimum atomic E-state index is -0.545. The summed E-state index contributed by atoms with van der Waals surface area (Å²) >= 11 is 0. The Balaban J connectivity index is 2.30. The highest BCUT2D eigenvalue weighted by Crippen LogP contribution is 2.39. The normalized spacial score (nSPS) is 16.8. The van der Waals surface area contributed by atoms with Crippen LogP contribution in [0, 0.1) is 0 Å². The molecule has 0 radical (unpaired) electrons. The van der Waals surface area contributed by atoms with Crippen LogP contribution in [0.3, 0.4) is 0 Å². The molecule has 3 rings (SSSR count). The van der Waals surface area contributed by atoms with E-state index < -0.39 is 6.03 Å². The number of anilines is 2. The lowest BCUT2D eigenvalue weighted by Crippen LogP contribution is -2.32. The molecule has 2 aromatic carbocycles. The second kappa shape index (κ2) is 4.81. The molecular weight excluding hydrogens is 252 g/mol. The van der Waals surface area contributed by atoms with Crippen LogP contribution >= 0.6 is 0 Å². The first kappa shape index (κ1) is 12.4. The van der Waals surface area contributed by atoms with E-state index in [4.69, 9.17) is 5.73 Å². The molecule has 100 valence electrons. The summed E-state index contributed by atoms with van der Waals surface area (Å²) in [5.41, 5.74) is 8.76. The van der Waals surface area contributed by atoms with E-state index in [2.05, 4.69) is 0 Å². The molecule has 4 heteroatoms. The third kappa shape index (κ3) is 1.86. The second-order valence-corrected chi connectivity index (χ2v) is 4.81. The smallest absolute Gasteiger partial charge is 0.323 e. The summed E-state index contributed by atoms with van der Waals surface area (Å²) in [6.07, 6.45) is 1.50. The molecule has 0 bridgehead atoms. The molecule has 0 saturated heterocycles. The number of nitrogens with two attached hydrogens (primary N) is 1. The molecule has 20 heavy (non-hydrogen) atoms. The molecule has 0 aromatic heterocycles. The number of carbonyl (C=O) groups excluding carboxylic acids is 2. The Kier molecular flexibility index (Phi) is 2.99. The van der Waals surface area contributed by atoms with Gasteiger partial charge in [-0.1, -0.05) is 36.4 Å². The minimum absolute atomic E-state index is 0.267. The summed E-state index contributed by atoms with van der Waals surface area (Å²) in [7, 11) is 0. The molecule has 0 fully saturated rings. The van der Waals surface area contributed by atoms with E-state index in [0.29, 0.717) is 12.1 Å². The van der Waals surface area contributed by atoms with E-state index in [9.17, 15) is 9.59 Å². The van der Waals surface area contributed by atoms with Gasteiger partial charge in [-0.25, -0.2) is 4.79 Å². The monoisotopic (exact) mass is 266 g/mol. The van der Waals surface area contributed by atoms with Crippen molar-refractivity contribution in [1.82, 2.24) is 0 Å². The number of rotatable bonds is 1. The van der Waals surface area contributed by atoms with Gasteiger partial charge in [0.25, 0.3) is 0 Å². The number of para-hydroxylation sites is 2. The number of urea groups is 1. The van der Waals surface area contributed by atoms with Gasteiger partial charge in [-0.3, -0.25) is 4.90 Å². The van der Waals surface area contributed by atoms with Gasteiger partial charge >= 0.3 is 6.03 Å². The highest BCUT2D eigenvalue weighted by atomic mass is 16.2. The quantitative estimate of drug-likeness (QED) is 0.807.